The number of esters is 2. The van der Waals surface area contributed by atoms with Crippen LogP contribution >= 0.6 is 0 Å². The zero-order valence-electron chi connectivity index (χ0n) is 21.0. The van der Waals surface area contributed by atoms with Crippen LogP contribution < -0.4 is 5.56 Å². The van der Waals surface area contributed by atoms with E-state index in [9.17, 15) is 24.6 Å². The maximum atomic E-state index is 13.7. The number of nitrogens with zero attached hydrogens (tertiary/aromatic N) is 3. The number of morpholine rings is 1. The van der Waals surface area contributed by atoms with Crippen LogP contribution in [0.5, 0.6) is 5.75 Å². The van der Waals surface area contributed by atoms with Gasteiger partial charge in [0, 0.05) is 48.6 Å². The minimum atomic E-state index is -2.08. The van der Waals surface area contributed by atoms with Crippen LogP contribution in [0.4, 0.5) is 0 Å². The SMILES string of the molecule is CC[C@@]1(O)C(=O)O[C@H](OC(C)=O)c2c1cc1n(c2=O)Cc2cc3c(O)c(CN4CCOCC4)ccc3nc2-1. The topological polar surface area (TPSA) is 140 Å². The lowest BCUT2D eigenvalue weighted by molar-refractivity contribution is -0.210. The molecule has 0 spiro atoms. The van der Waals surface area contributed by atoms with E-state index in [1.54, 1.807) is 13.0 Å². The van der Waals surface area contributed by atoms with Crippen LogP contribution in [0.1, 0.15) is 48.8 Å². The van der Waals surface area contributed by atoms with E-state index in [2.05, 4.69) is 4.90 Å². The molecule has 11 nitrogen and oxygen atoms in total. The molecule has 38 heavy (non-hydrogen) atoms. The lowest BCUT2D eigenvalue weighted by atomic mass is 9.85. The number of phenolic OH excluding ortho intramolecular Hbond substituents is 1. The van der Waals surface area contributed by atoms with Crippen molar-refractivity contribution in [1.29, 1.82) is 0 Å². The molecule has 0 aliphatic carbocycles. The highest BCUT2D eigenvalue weighted by Gasteiger charge is 2.50. The molecule has 3 aliphatic rings. The van der Waals surface area contributed by atoms with Gasteiger partial charge in [-0.25, -0.2) is 9.78 Å². The second kappa shape index (κ2) is 8.90. The number of pyridine rings is 2. The van der Waals surface area contributed by atoms with E-state index in [-0.39, 0.29) is 29.8 Å². The summed E-state index contributed by atoms with van der Waals surface area (Å²) in [6.07, 6.45) is -1.61. The van der Waals surface area contributed by atoms with E-state index in [0.29, 0.717) is 47.6 Å². The van der Waals surface area contributed by atoms with Crippen molar-refractivity contribution in [3.8, 4) is 17.1 Å². The predicted octanol–water partition coefficient (Wildman–Crippen LogP) is 1.68. The van der Waals surface area contributed by atoms with Crippen LogP contribution in [0.2, 0.25) is 0 Å². The van der Waals surface area contributed by atoms with Crippen LogP contribution in [0, 0.1) is 0 Å². The first-order valence-electron chi connectivity index (χ1n) is 12.5. The lowest BCUT2D eigenvalue weighted by Gasteiger charge is -2.35. The maximum Gasteiger partial charge on any atom is 0.346 e. The maximum absolute atomic E-state index is 13.7. The van der Waals surface area contributed by atoms with Gasteiger partial charge in [0.25, 0.3) is 11.8 Å². The Morgan fingerprint density at radius 2 is 2.00 bits per heavy atom. The number of benzene rings is 1. The van der Waals surface area contributed by atoms with Gasteiger partial charge in [0.1, 0.15) is 11.3 Å². The van der Waals surface area contributed by atoms with Crippen molar-refractivity contribution in [2.75, 3.05) is 26.3 Å². The summed E-state index contributed by atoms with van der Waals surface area (Å²) in [5.74, 6) is -1.59. The third kappa shape index (κ3) is 3.69. The number of aromatic nitrogens is 2. The quantitative estimate of drug-likeness (QED) is 0.381. The monoisotopic (exact) mass is 521 g/mol. The fraction of sp³-hybridized carbons (Fsp3) is 0.407. The third-order valence-electron chi connectivity index (χ3n) is 7.56. The van der Waals surface area contributed by atoms with E-state index in [4.69, 9.17) is 19.2 Å². The molecule has 0 radical (unpaired) electrons. The molecule has 3 aliphatic heterocycles. The Kier molecular flexibility index (Phi) is 5.74. The number of aromatic hydroxyl groups is 1. The number of phenols is 1. The van der Waals surface area contributed by atoms with Gasteiger partial charge in [-0.3, -0.25) is 14.5 Å². The van der Waals surface area contributed by atoms with E-state index >= 15 is 0 Å². The summed E-state index contributed by atoms with van der Waals surface area (Å²) < 4.78 is 17.2. The van der Waals surface area contributed by atoms with E-state index in [1.165, 1.54) is 4.57 Å². The van der Waals surface area contributed by atoms with Gasteiger partial charge in [-0.05, 0) is 24.6 Å². The second-order valence-electron chi connectivity index (χ2n) is 9.83. The van der Waals surface area contributed by atoms with Gasteiger partial charge in [-0.15, -0.1) is 0 Å². The molecule has 0 unspecified atom stereocenters. The van der Waals surface area contributed by atoms with E-state index in [1.807, 2.05) is 18.2 Å². The van der Waals surface area contributed by atoms with Crippen molar-refractivity contribution < 1.29 is 34.0 Å². The van der Waals surface area contributed by atoms with Gasteiger partial charge in [0.15, 0.2) is 5.60 Å². The number of carbonyl (C=O) groups excluding carboxylic acids is 2. The van der Waals surface area contributed by atoms with Crippen LogP contribution in [0.3, 0.4) is 0 Å². The first kappa shape index (κ1) is 24.5. The minimum absolute atomic E-state index is 0.0391. The number of cyclic esters (lactones) is 1. The molecule has 2 aromatic heterocycles. The fourth-order valence-corrected chi connectivity index (χ4v) is 5.48. The Balaban J connectivity index is 1.47. The molecule has 0 saturated carbocycles. The van der Waals surface area contributed by atoms with Crippen LogP contribution in [-0.4, -0.2) is 62.9 Å². The largest absolute Gasteiger partial charge is 0.507 e. The summed E-state index contributed by atoms with van der Waals surface area (Å²) in [5.41, 5.74) is 0.274. The molecule has 5 heterocycles. The predicted molar refractivity (Wildman–Crippen MR) is 133 cm³/mol. The summed E-state index contributed by atoms with van der Waals surface area (Å²) in [4.78, 5) is 45.1. The Labute approximate surface area is 217 Å². The first-order valence-corrected chi connectivity index (χ1v) is 12.5. The van der Waals surface area contributed by atoms with Gasteiger partial charge in [0.2, 0.25) is 0 Å². The highest BCUT2D eigenvalue weighted by molar-refractivity contribution is 5.90. The molecule has 1 fully saturated rings. The average Bonchev–Trinajstić information content (AvgIpc) is 3.26. The molecule has 0 bridgehead atoms. The smallest absolute Gasteiger partial charge is 0.346 e. The van der Waals surface area contributed by atoms with Crippen molar-refractivity contribution in [2.45, 2.75) is 45.2 Å². The third-order valence-corrected chi connectivity index (χ3v) is 7.56. The molecule has 1 aromatic carbocycles. The Hall–Kier alpha value is -3.80. The first-order chi connectivity index (χ1) is 18.2. The van der Waals surface area contributed by atoms with Gasteiger partial charge in [-0.1, -0.05) is 13.0 Å². The van der Waals surface area contributed by atoms with Crippen molar-refractivity contribution in [1.82, 2.24) is 14.5 Å². The number of carbonyl (C=O) groups is 2. The zero-order chi connectivity index (χ0) is 26.8. The zero-order valence-corrected chi connectivity index (χ0v) is 21.0. The summed E-state index contributed by atoms with van der Waals surface area (Å²) >= 11 is 0. The number of fused-ring (bicyclic) bond motifs is 5. The second-order valence-corrected chi connectivity index (χ2v) is 9.83. The molecule has 6 rings (SSSR count). The number of aliphatic hydroxyl groups is 1. The minimum Gasteiger partial charge on any atom is -0.507 e. The number of ether oxygens (including phenoxy) is 3. The molecule has 11 heteroatoms. The van der Waals surface area contributed by atoms with Crippen molar-refractivity contribution >= 4 is 22.8 Å². The van der Waals surface area contributed by atoms with Crippen LogP contribution in [0.25, 0.3) is 22.3 Å². The standard InChI is InChI=1S/C27H27N3O8/c1-3-27(35)18-11-20-22-16(13-30(20)24(33)21(18)25(37-14(2)31)38-26(27)34)10-17-19(28-22)5-4-15(23(17)32)12-29-6-8-36-9-7-29/h4-5,10-11,25,32,35H,3,6-9,12-13H2,1-2H3/t25-,27-/m0/s1. The normalized spacial score (nSPS) is 22.5. The van der Waals surface area contributed by atoms with Gasteiger partial charge in [-0.2, -0.15) is 0 Å². The van der Waals surface area contributed by atoms with Gasteiger partial charge >= 0.3 is 11.9 Å². The van der Waals surface area contributed by atoms with Crippen molar-refractivity contribution in [3.05, 3.63) is 56.9 Å². The molecular weight excluding hydrogens is 494 g/mol. The highest BCUT2D eigenvalue weighted by Crippen LogP contribution is 2.43. The summed E-state index contributed by atoms with van der Waals surface area (Å²) in [5, 5.41) is 22.9. The van der Waals surface area contributed by atoms with Crippen molar-refractivity contribution in [2.24, 2.45) is 0 Å². The Morgan fingerprint density at radius 3 is 2.71 bits per heavy atom. The van der Waals surface area contributed by atoms with E-state index < -0.39 is 29.4 Å². The number of hydrogen-bond donors (Lipinski definition) is 2. The molecule has 198 valence electrons. The van der Waals surface area contributed by atoms with Crippen molar-refractivity contribution in [3.63, 3.8) is 0 Å². The van der Waals surface area contributed by atoms with Gasteiger partial charge < -0.3 is 29.0 Å². The average molecular weight is 522 g/mol. The highest BCUT2D eigenvalue weighted by atomic mass is 16.7. The molecule has 3 aromatic rings. The summed E-state index contributed by atoms with van der Waals surface area (Å²) in [6.45, 7) is 6.35. The molecule has 2 atom stereocenters. The number of hydrogen-bond acceptors (Lipinski definition) is 10. The Bertz CT molecular complexity index is 1560. The number of rotatable bonds is 4. The molecule has 2 N–H and O–H groups in total. The molecule has 0 amide bonds. The van der Waals surface area contributed by atoms with Gasteiger partial charge in [0.05, 0.1) is 36.7 Å². The summed E-state index contributed by atoms with van der Waals surface area (Å²) in [6, 6.07) is 7.05. The fourth-order valence-electron chi connectivity index (χ4n) is 5.48. The Morgan fingerprint density at radius 1 is 1.24 bits per heavy atom. The van der Waals surface area contributed by atoms with Crippen LogP contribution in [-0.2, 0) is 42.5 Å². The molecular formula is C27H27N3O8. The lowest BCUT2D eigenvalue weighted by Crippen LogP contribution is -2.46. The van der Waals surface area contributed by atoms with E-state index in [0.717, 1.165) is 25.6 Å². The molecule has 1 saturated heterocycles. The van der Waals surface area contributed by atoms with Crippen LogP contribution in [0.15, 0.2) is 29.1 Å². The summed E-state index contributed by atoms with van der Waals surface area (Å²) in [7, 11) is 0.